The van der Waals surface area contributed by atoms with Crippen LogP contribution in [-0.2, 0) is 11.2 Å². The molecule has 0 spiro atoms. The summed E-state index contributed by atoms with van der Waals surface area (Å²) in [7, 11) is 1.60. The molecular weight excluding hydrogens is 393 g/mol. The van der Waals surface area contributed by atoms with Crippen molar-refractivity contribution in [3.63, 3.8) is 0 Å². The number of carbonyl (C=O) groups is 1. The highest BCUT2D eigenvalue weighted by Crippen LogP contribution is 2.28. The fourth-order valence-electron chi connectivity index (χ4n) is 2.39. The zero-order chi connectivity index (χ0) is 18.5. The number of nitrogens with zero attached hydrogens (tertiary/aromatic N) is 2. The molecule has 1 saturated heterocycles. The van der Waals surface area contributed by atoms with Gasteiger partial charge in [-0.2, -0.15) is 5.10 Å². The van der Waals surface area contributed by atoms with Gasteiger partial charge in [0, 0.05) is 15.6 Å². The van der Waals surface area contributed by atoms with Crippen molar-refractivity contribution in [3.8, 4) is 5.75 Å². The van der Waals surface area contributed by atoms with Crippen LogP contribution in [0.3, 0.4) is 0 Å². The quantitative estimate of drug-likeness (QED) is 0.597. The number of halogens is 2. The first kappa shape index (κ1) is 18.8. The number of benzene rings is 2. The van der Waals surface area contributed by atoms with Gasteiger partial charge in [-0.1, -0.05) is 53.2 Å². The van der Waals surface area contributed by atoms with Gasteiger partial charge < -0.3 is 10.1 Å². The molecule has 1 heterocycles. The van der Waals surface area contributed by atoms with Crippen LogP contribution < -0.4 is 10.1 Å². The Morgan fingerprint density at radius 1 is 1.27 bits per heavy atom. The fraction of sp³-hybridized carbons (Fsp3) is 0.167. The highest BCUT2D eigenvalue weighted by atomic mass is 35.5. The minimum absolute atomic E-state index is 0.118. The van der Waals surface area contributed by atoms with E-state index in [1.807, 2.05) is 30.3 Å². The van der Waals surface area contributed by atoms with E-state index < -0.39 is 0 Å². The number of nitrogens with one attached hydrogen (secondary N) is 1. The van der Waals surface area contributed by atoms with Crippen molar-refractivity contribution < 1.29 is 9.53 Å². The summed E-state index contributed by atoms with van der Waals surface area (Å²) in [5, 5.41) is 12.1. The van der Waals surface area contributed by atoms with Crippen LogP contribution in [0.4, 0.5) is 0 Å². The lowest BCUT2D eigenvalue weighted by Gasteiger charge is -2.07. The zero-order valence-electron chi connectivity index (χ0n) is 13.8. The maximum absolute atomic E-state index is 12.1. The van der Waals surface area contributed by atoms with Crippen molar-refractivity contribution in [1.29, 1.82) is 0 Å². The molecule has 26 heavy (non-hydrogen) atoms. The maximum Gasteiger partial charge on any atom is 0.239 e. The average molecular weight is 408 g/mol. The van der Waals surface area contributed by atoms with Crippen LogP contribution in [0.15, 0.2) is 52.7 Å². The van der Waals surface area contributed by atoms with Crippen LogP contribution >= 0.6 is 35.0 Å². The number of carbonyl (C=O) groups excluding carboxylic acids is 1. The Morgan fingerprint density at radius 2 is 2.08 bits per heavy atom. The summed E-state index contributed by atoms with van der Waals surface area (Å²) in [4.78, 5) is 12.1. The highest BCUT2D eigenvalue weighted by Gasteiger charge is 2.30. The van der Waals surface area contributed by atoms with E-state index in [4.69, 9.17) is 27.9 Å². The summed E-state index contributed by atoms with van der Waals surface area (Å²) in [5.41, 5.74) is 1.67. The molecule has 0 aromatic heterocycles. The van der Waals surface area contributed by atoms with E-state index in [1.165, 1.54) is 11.8 Å². The summed E-state index contributed by atoms with van der Waals surface area (Å²) in [6, 6.07) is 12.7. The van der Waals surface area contributed by atoms with Crippen LogP contribution in [0.25, 0.3) is 0 Å². The van der Waals surface area contributed by atoms with Gasteiger partial charge in [0.15, 0.2) is 5.17 Å². The van der Waals surface area contributed by atoms with Gasteiger partial charge in [-0.15, -0.1) is 5.10 Å². The Labute approximate surface area is 165 Å². The van der Waals surface area contributed by atoms with E-state index in [0.29, 0.717) is 27.4 Å². The molecule has 1 aliphatic heterocycles. The lowest BCUT2D eigenvalue weighted by atomic mass is 10.1. The van der Waals surface area contributed by atoms with Gasteiger partial charge in [0.1, 0.15) is 5.75 Å². The molecule has 1 atom stereocenters. The van der Waals surface area contributed by atoms with Crippen molar-refractivity contribution in [2.75, 3.05) is 7.11 Å². The number of para-hydroxylation sites is 1. The second-order valence-corrected chi connectivity index (χ2v) is 7.46. The summed E-state index contributed by atoms with van der Waals surface area (Å²) >= 11 is 13.4. The third-order valence-electron chi connectivity index (χ3n) is 3.68. The monoisotopic (exact) mass is 407 g/mol. The molecule has 8 heteroatoms. The average Bonchev–Trinajstić information content (AvgIpc) is 2.97. The van der Waals surface area contributed by atoms with E-state index in [-0.39, 0.29) is 11.2 Å². The van der Waals surface area contributed by atoms with E-state index in [1.54, 1.807) is 25.5 Å². The zero-order valence-corrected chi connectivity index (χ0v) is 16.1. The molecule has 0 aliphatic carbocycles. The molecule has 0 radical (unpaired) electrons. The van der Waals surface area contributed by atoms with Gasteiger partial charge in [0.2, 0.25) is 5.91 Å². The molecule has 1 aliphatic rings. The molecule has 0 bridgehead atoms. The lowest BCUT2D eigenvalue weighted by molar-refractivity contribution is -0.118. The lowest BCUT2D eigenvalue weighted by Crippen LogP contribution is -2.26. The number of hydrogen-bond donors (Lipinski definition) is 1. The normalized spacial score (nSPS) is 18.5. The number of methoxy groups -OCH3 is 1. The van der Waals surface area contributed by atoms with Crippen molar-refractivity contribution in [3.05, 3.63) is 63.6 Å². The summed E-state index contributed by atoms with van der Waals surface area (Å²) in [5.74, 6) is 0.585. The van der Waals surface area contributed by atoms with Crippen molar-refractivity contribution in [1.82, 2.24) is 5.32 Å². The first-order valence-corrected chi connectivity index (χ1v) is 9.36. The minimum atomic E-state index is -0.311. The van der Waals surface area contributed by atoms with E-state index in [2.05, 4.69) is 15.5 Å². The molecule has 1 N–H and O–H groups in total. The van der Waals surface area contributed by atoms with E-state index in [9.17, 15) is 4.79 Å². The third-order valence-corrected chi connectivity index (χ3v) is 5.34. The van der Waals surface area contributed by atoms with Crippen LogP contribution in [0, 0.1) is 0 Å². The molecule has 2 aromatic rings. The Morgan fingerprint density at radius 3 is 2.85 bits per heavy atom. The third kappa shape index (κ3) is 4.58. The van der Waals surface area contributed by atoms with E-state index >= 15 is 0 Å². The summed E-state index contributed by atoms with van der Waals surface area (Å²) < 4.78 is 5.25. The van der Waals surface area contributed by atoms with Gasteiger partial charge in [0.05, 0.1) is 18.6 Å². The molecule has 1 unspecified atom stereocenters. The number of hydrogen-bond acceptors (Lipinski definition) is 5. The molecule has 134 valence electrons. The molecule has 1 amide bonds. The highest BCUT2D eigenvalue weighted by molar-refractivity contribution is 8.15. The molecule has 1 fully saturated rings. The molecule has 2 aromatic carbocycles. The number of ether oxygens (including phenoxy) is 1. The first-order chi connectivity index (χ1) is 12.6. The van der Waals surface area contributed by atoms with Gasteiger partial charge in [-0.25, -0.2) is 0 Å². The predicted octanol–water partition coefficient (Wildman–Crippen LogP) is 4.17. The predicted molar refractivity (Wildman–Crippen MR) is 108 cm³/mol. The van der Waals surface area contributed by atoms with Gasteiger partial charge >= 0.3 is 0 Å². The van der Waals surface area contributed by atoms with E-state index in [0.717, 1.165) is 11.1 Å². The second kappa shape index (κ2) is 8.58. The molecule has 3 rings (SSSR count). The Kier molecular flexibility index (Phi) is 6.19. The van der Waals surface area contributed by atoms with Gasteiger partial charge in [-0.3, -0.25) is 4.79 Å². The number of amidine groups is 1. The van der Waals surface area contributed by atoms with Crippen molar-refractivity contribution >= 4 is 52.3 Å². The van der Waals surface area contributed by atoms with Crippen LogP contribution in [0.1, 0.15) is 11.1 Å². The van der Waals surface area contributed by atoms with Gasteiger partial charge in [0.25, 0.3) is 0 Å². The van der Waals surface area contributed by atoms with Crippen LogP contribution in [0.2, 0.25) is 10.0 Å². The largest absolute Gasteiger partial charge is 0.496 e. The van der Waals surface area contributed by atoms with Gasteiger partial charge in [-0.05, 0) is 36.2 Å². The Balaban J connectivity index is 1.67. The Bertz CT molecular complexity index is 886. The standard InChI is InChI=1S/C18H15Cl2N3O2S/c1-25-15-5-3-2-4-12(15)10-21-23-18-22-17(24)16(26-18)8-11-6-7-13(19)9-14(11)20/h2-7,9-10,16H,8H2,1H3,(H,22,23,24). The molecule has 5 nitrogen and oxygen atoms in total. The fourth-order valence-corrected chi connectivity index (χ4v) is 3.83. The second-order valence-electron chi connectivity index (χ2n) is 5.43. The summed E-state index contributed by atoms with van der Waals surface area (Å²) in [6.07, 6.45) is 2.07. The summed E-state index contributed by atoms with van der Waals surface area (Å²) in [6.45, 7) is 0. The van der Waals surface area contributed by atoms with Crippen LogP contribution in [-0.4, -0.2) is 29.6 Å². The molecule has 0 saturated carbocycles. The van der Waals surface area contributed by atoms with Crippen LogP contribution in [0.5, 0.6) is 5.75 Å². The SMILES string of the molecule is COc1ccccc1C=NN=C1NC(=O)C(Cc2ccc(Cl)cc2Cl)S1. The number of rotatable bonds is 5. The topological polar surface area (TPSA) is 63.1 Å². The van der Waals surface area contributed by atoms with Crippen molar-refractivity contribution in [2.24, 2.45) is 10.2 Å². The maximum atomic E-state index is 12.1. The minimum Gasteiger partial charge on any atom is -0.496 e. The smallest absolute Gasteiger partial charge is 0.239 e. The first-order valence-electron chi connectivity index (χ1n) is 7.72. The van der Waals surface area contributed by atoms with Crippen molar-refractivity contribution in [2.45, 2.75) is 11.7 Å². The molecular formula is C18H15Cl2N3O2S. The Hall–Kier alpha value is -2.02. The number of amides is 1. The number of thioether (sulfide) groups is 1.